The molecule has 160 valence electrons. The van der Waals surface area contributed by atoms with Gasteiger partial charge >= 0.3 is 0 Å². The van der Waals surface area contributed by atoms with E-state index in [-0.39, 0.29) is 10.8 Å². The molecule has 0 saturated carbocycles. The molecular weight excluding hydrogens is 412 g/mol. The topological polar surface area (TPSA) is 105 Å². The zero-order chi connectivity index (χ0) is 22.2. The third kappa shape index (κ3) is 3.92. The summed E-state index contributed by atoms with van der Waals surface area (Å²) >= 11 is 0. The van der Waals surface area contributed by atoms with Crippen molar-refractivity contribution in [1.82, 2.24) is 14.6 Å². The summed E-state index contributed by atoms with van der Waals surface area (Å²) in [6, 6.07) is 14.4. The van der Waals surface area contributed by atoms with E-state index in [2.05, 4.69) is 10.3 Å². The minimum absolute atomic E-state index is 0.0589. The van der Waals surface area contributed by atoms with Crippen LogP contribution in [0.25, 0.3) is 22.3 Å². The van der Waals surface area contributed by atoms with Gasteiger partial charge in [-0.1, -0.05) is 31.2 Å². The van der Waals surface area contributed by atoms with Crippen molar-refractivity contribution in [3.8, 4) is 22.3 Å². The first-order valence-corrected chi connectivity index (χ1v) is 11.5. The summed E-state index contributed by atoms with van der Waals surface area (Å²) in [6.45, 7) is 2.81. The maximum atomic E-state index is 12.5. The summed E-state index contributed by atoms with van der Waals surface area (Å²) in [5.41, 5.74) is 11.2. The van der Waals surface area contributed by atoms with E-state index >= 15 is 0 Å². The van der Waals surface area contributed by atoms with Gasteiger partial charge in [0.2, 0.25) is 10.0 Å². The number of rotatable bonds is 5. The van der Waals surface area contributed by atoms with Crippen LogP contribution in [-0.2, 0) is 16.4 Å². The molecule has 4 rings (SSSR count). The molecule has 0 radical (unpaired) electrons. The summed E-state index contributed by atoms with van der Waals surface area (Å²) in [4.78, 5) is 16.6. The molecule has 7 nitrogen and oxygen atoms in total. The molecule has 0 atom stereocenters. The molecule has 0 bridgehead atoms. The molecule has 0 spiro atoms. The first-order chi connectivity index (χ1) is 14.8. The Labute approximate surface area is 182 Å². The molecule has 1 amide bonds. The minimum atomic E-state index is -3.49. The fraction of sp³-hybridized carbons (Fsp3) is 0.217. The summed E-state index contributed by atoms with van der Waals surface area (Å²) in [6.07, 6.45) is 2.44. The lowest BCUT2D eigenvalue weighted by Crippen LogP contribution is -2.31. The lowest BCUT2D eigenvalue weighted by Gasteiger charge is -2.18. The molecule has 31 heavy (non-hydrogen) atoms. The highest BCUT2D eigenvalue weighted by molar-refractivity contribution is 7.89. The number of hydrogen-bond donors (Lipinski definition) is 2. The standard InChI is InChI=1S/C23H24N4O3S/c1-3-27(2)31(29,30)19-7-4-15(5-8-19)18-13-21(22(24)26-14-18)16-6-9-20-17(12-16)10-11-25-23(20)28/h4-9,12-14H,3,10-11H2,1-2H3,(H2,24,26)(H,25,28). The summed E-state index contributed by atoms with van der Waals surface area (Å²) in [5, 5.41) is 2.84. The van der Waals surface area contributed by atoms with Crippen LogP contribution < -0.4 is 11.1 Å². The van der Waals surface area contributed by atoms with E-state index in [0.717, 1.165) is 34.2 Å². The van der Waals surface area contributed by atoms with Gasteiger partial charge in [-0.05, 0) is 47.4 Å². The van der Waals surface area contributed by atoms with Crippen LogP contribution in [0.3, 0.4) is 0 Å². The molecule has 8 heteroatoms. The number of carbonyl (C=O) groups is 1. The summed E-state index contributed by atoms with van der Waals surface area (Å²) in [7, 11) is -1.94. The average Bonchev–Trinajstić information content (AvgIpc) is 2.79. The number of aromatic nitrogens is 1. The van der Waals surface area contributed by atoms with Gasteiger partial charge in [0.1, 0.15) is 5.82 Å². The summed E-state index contributed by atoms with van der Waals surface area (Å²) in [5.74, 6) is 0.337. The van der Waals surface area contributed by atoms with Crippen molar-refractivity contribution in [2.75, 3.05) is 25.9 Å². The SMILES string of the molecule is CCN(C)S(=O)(=O)c1ccc(-c2cnc(N)c(-c3ccc4c(c3)CCNC4=O)c2)cc1. The Morgan fingerprint density at radius 3 is 2.45 bits per heavy atom. The number of amides is 1. The number of sulfonamides is 1. The molecule has 0 saturated heterocycles. The van der Waals surface area contributed by atoms with Crippen LogP contribution in [0.15, 0.2) is 59.6 Å². The molecule has 1 aliphatic heterocycles. The monoisotopic (exact) mass is 436 g/mol. The lowest BCUT2D eigenvalue weighted by atomic mass is 9.94. The van der Waals surface area contributed by atoms with Crippen molar-refractivity contribution >= 4 is 21.7 Å². The second-order valence-corrected chi connectivity index (χ2v) is 9.52. The Kier molecular flexibility index (Phi) is 5.51. The average molecular weight is 437 g/mol. The van der Waals surface area contributed by atoms with Crippen molar-refractivity contribution in [1.29, 1.82) is 0 Å². The van der Waals surface area contributed by atoms with Crippen LogP contribution in [0.4, 0.5) is 5.82 Å². The Morgan fingerprint density at radius 1 is 1.03 bits per heavy atom. The number of pyridine rings is 1. The number of benzene rings is 2. The van der Waals surface area contributed by atoms with Gasteiger partial charge in [-0.2, -0.15) is 0 Å². The fourth-order valence-corrected chi connectivity index (χ4v) is 4.81. The number of nitrogens with one attached hydrogen (secondary N) is 1. The van der Waals surface area contributed by atoms with Crippen LogP contribution in [0.5, 0.6) is 0 Å². The highest BCUT2D eigenvalue weighted by Crippen LogP contribution is 2.32. The summed E-state index contributed by atoms with van der Waals surface area (Å²) < 4.78 is 26.3. The smallest absolute Gasteiger partial charge is 0.251 e. The number of anilines is 1. The van der Waals surface area contributed by atoms with Gasteiger partial charge in [0.05, 0.1) is 4.90 Å². The molecule has 0 unspecified atom stereocenters. The van der Waals surface area contributed by atoms with Crippen LogP contribution in [0.2, 0.25) is 0 Å². The number of nitrogen functional groups attached to an aromatic ring is 1. The largest absolute Gasteiger partial charge is 0.383 e. The highest BCUT2D eigenvalue weighted by atomic mass is 32.2. The first kappa shape index (κ1) is 21.0. The van der Waals surface area contributed by atoms with Crippen molar-refractivity contribution in [3.05, 3.63) is 65.9 Å². The van der Waals surface area contributed by atoms with Crippen molar-refractivity contribution in [3.63, 3.8) is 0 Å². The predicted octanol–water partition coefficient (Wildman–Crippen LogP) is 2.92. The van der Waals surface area contributed by atoms with Crippen LogP contribution in [0.1, 0.15) is 22.8 Å². The molecule has 3 N–H and O–H groups in total. The van der Waals surface area contributed by atoms with Crippen molar-refractivity contribution in [2.45, 2.75) is 18.2 Å². The van der Waals surface area contributed by atoms with Crippen LogP contribution >= 0.6 is 0 Å². The second-order valence-electron chi connectivity index (χ2n) is 7.48. The zero-order valence-corrected chi connectivity index (χ0v) is 18.2. The number of fused-ring (bicyclic) bond motifs is 1. The second kappa shape index (κ2) is 8.13. The van der Waals surface area contributed by atoms with E-state index in [1.165, 1.54) is 4.31 Å². The number of nitrogens with zero attached hydrogens (tertiary/aromatic N) is 2. The predicted molar refractivity (Wildman–Crippen MR) is 121 cm³/mol. The molecule has 2 heterocycles. The first-order valence-electron chi connectivity index (χ1n) is 10.0. The third-order valence-electron chi connectivity index (χ3n) is 5.60. The zero-order valence-electron chi connectivity index (χ0n) is 17.4. The highest BCUT2D eigenvalue weighted by Gasteiger charge is 2.20. The van der Waals surface area contributed by atoms with E-state index in [1.807, 2.05) is 24.3 Å². The molecule has 2 aromatic carbocycles. The Morgan fingerprint density at radius 2 is 1.74 bits per heavy atom. The molecule has 1 aromatic heterocycles. The number of hydrogen-bond acceptors (Lipinski definition) is 5. The van der Waals surface area contributed by atoms with Gasteiger partial charge in [0.15, 0.2) is 0 Å². The maximum absolute atomic E-state index is 12.5. The fourth-order valence-electron chi connectivity index (χ4n) is 3.63. The van der Waals surface area contributed by atoms with Gasteiger partial charge in [-0.15, -0.1) is 0 Å². The van der Waals surface area contributed by atoms with E-state index in [9.17, 15) is 13.2 Å². The minimum Gasteiger partial charge on any atom is -0.383 e. The normalized spacial score (nSPS) is 13.7. The van der Waals surface area contributed by atoms with E-state index in [4.69, 9.17) is 5.73 Å². The third-order valence-corrected chi connectivity index (χ3v) is 7.55. The lowest BCUT2D eigenvalue weighted by molar-refractivity contribution is 0.0946. The quantitative estimate of drug-likeness (QED) is 0.640. The van der Waals surface area contributed by atoms with Gasteiger partial charge in [0.25, 0.3) is 5.91 Å². The van der Waals surface area contributed by atoms with Gasteiger partial charge in [-0.25, -0.2) is 17.7 Å². The molecule has 1 aliphatic rings. The molecule has 0 aliphatic carbocycles. The van der Waals surface area contributed by atoms with Gasteiger partial charge in [0, 0.05) is 43.0 Å². The van der Waals surface area contributed by atoms with Crippen LogP contribution in [-0.4, -0.2) is 43.8 Å². The molecular formula is C23H24N4O3S. The molecule has 3 aromatic rings. The van der Waals surface area contributed by atoms with E-state index < -0.39 is 10.0 Å². The van der Waals surface area contributed by atoms with Gasteiger partial charge in [-0.3, -0.25) is 4.79 Å². The maximum Gasteiger partial charge on any atom is 0.251 e. The number of nitrogens with two attached hydrogens (primary N) is 1. The Bertz CT molecular complexity index is 1250. The van der Waals surface area contributed by atoms with Crippen molar-refractivity contribution < 1.29 is 13.2 Å². The Hall–Kier alpha value is -3.23. The molecule has 0 fully saturated rings. The van der Waals surface area contributed by atoms with Crippen LogP contribution in [0, 0.1) is 0 Å². The van der Waals surface area contributed by atoms with E-state index in [0.29, 0.717) is 24.5 Å². The number of carbonyl (C=O) groups excluding carboxylic acids is 1. The van der Waals surface area contributed by atoms with E-state index in [1.54, 1.807) is 44.4 Å². The van der Waals surface area contributed by atoms with Crippen molar-refractivity contribution in [2.24, 2.45) is 0 Å². The van der Waals surface area contributed by atoms with Gasteiger partial charge < -0.3 is 11.1 Å². The Balaban J connectivity index is 1.70.